The number of aromatic nitrogens is 1. The van der Waals surface area contributed by atoms with Crippen molar-refractivity contribution in [2.45, 2.75) is 58.8 Å². The molecule has 3 aliphatic rings. The predicted molar refractivity (Wildman–Crippen MR) is 150 cm³/mol. The Bertz CT molecular complexity index is 1240. The Hall–Kier alpha value is -2.65. The Kier molecular flexibility index (Phi) is 7.21. The third-order valence-corrected chi connectivity index (χ3v) is 9.10. The fourth-order valence-electron chi connectivity index (χ4n) is 5.80. The Morgan fingerprint density at radius 2 is 1.86 bits per heavy atom. The number of rotatable bonds is 7. The number of carbonyl (C=O) groups excluding carboxylic acids is 1. The van der Waals surface area contributed by atoms with Crippen LogP contribution in [-0.4, -0.2) is 44.3 Å². The number of thioether (sulfide) groups is 1. The quantitative estimate of drug-likeness (QED) is 0.181. The molecule has 36 heavy (non-hydrogen) atoms. The molecular formula is C27H32N4O3S2. The van der Waals surface area contributed by atoms with Gasteiger partial charge in [-0.05, 0) is 68.9 Å². The standard InChI is InChI=1S/C27H32N4O3S2/c1-18-15-21(16-25-26(32)29(27(35)36-25)14-11-20-7-3-4-8-20)19(2)30(18)22-9-10-23(24(17-22)31(33)34)28-12-5-6-13-28/h9-10,15-17,20H,3-8,11-14H2,1-2H3/b25-16-. The van der Waals surface area contributed by atoms with Crippen molar-refractivity contribution in [3.05, 3.63) is 56.2 Å². The van der Waals surface area contributed by atoms with Crippen LogP contribution in [0.3, 0.4) is 0 Å². The van der Waals surface area contributed by atoms with Gasteiger partial charge in [0.25, 0.3) is 11.6 Å². The summed E-state index contributed by atoms with van der Waals surface area (Å²) < 4.78 is 2.65. The Balaban J connectivity index is 1.40. The molecule has 0 spiro atoms. The van der Waals surface area contributed by atoms with E-state index in [9.17, 15) is 14.9 Å². The smallest absolute Gasteiger partial charge is 0.294 e. The van der Waals surface area contributed by atoms with Crippen LogP contribution in [0.4, 0.5) is 11.4 Å². The summed E-state index contributed by atoms with van der Waals surface area (Å²) in [6.45, 7) is 6.37. The minimum Gasteiger partial charge on any atom is -0.366 e. The highest BCUT2D eigenvalue weighted by Gasteiger charge is 2.33. The lowest BCUT2D eigenvalue weighted by Gasteiger charge is -2.19. The number of anilines is 1. The van der Waals surface area contributed by atoms with Crippen molar-refractivity contribution in [2.75, 3.05) is 24.5 Å². The van der Waals surface area contributed by atoms with Crippen molar-refractivity contribution >= 4 is 51.7 Å². The monoisotopic (exact) mass is 524 g/mol. The molecule has 1 amide bonds. The molecule has 190 valence electrons. The van der Waals surface area contributed by atoms with E-state index < -0.39 is 0 Å². The Labute approximate surface area is 221 Å². The van der Waals surface area contributed by atoms with Crippen LogP contribution >= 0.6 is 24.0 Å². The van der Waals surface area contributed by atoms with Gasteiger partial charge in [-0.2, -0.15) is 0 Å². The van der Waals surface area contributed by atoms with Crippen LogP contribution in [0.15, 0.2) is 29.2 Å². The number of amides is 1. The lowest BCUT2D eigenvalue weighted by Crippen LogP contribution is -2.30. The van der Waals surface area contributed by atoms with Gasteiger partial charge in [-0.1, -0.05) is 49.7 Å². The molecule has 2 saturated heterocycles. The normalized spacial score (nSPS) is 19.9. The van der Waals surface area contributed by atoms with Crippen molar-refractivity contribution in [1.82, 2.24) is 9.47 Å². The van der Waals surface area contributed by atoms with E-state index in [4.69, 9.17) is 12.2 Å². The molecule has 3 heterocycles. The second kappa shape index (κ2) is 10.4. The van der Waals surface area contributed by atoms with Gasteiger partial charge in [0.2, 0.25) is 0 Å². The summed E-state index contributed by atoms with van der Waals surface area (Å²) in [6.07, 6.45) is 10.2. The lowest BCUT2D eigenvalue weighted by molar-refractivity contribution is -0.384. The largest absolute Gasteiger partial charge is 0.366 e. The van der Waals surface area contributed by atoms with Crippen LogP contribution in [0, 0.1) is 29.9 Å². The molecule has 5 rings (SSSR count). The van der Waals surface area contributed by atoms with Crippen LogP contribution in [0.2, 0.25) is 0 Å². The van der Waals surface area contributed by atoms with Gasteiger partial charge in [0.05, 0.1) is 15.5 Å². The number of aryl methyl sites for hydroxylation is 1. The maximum absolute atomic E-state index is 13.1. The van der Waals surface area contributed by atoms with Crippen molar-refractivity contribution in [3.63, 3.8) is 0 Å². The highest BCUT2D eigenvalue weighted by atomic mass is 32.2. The summed E-state index contributed by atoms with van der Waals surface area (Å²) in [6, 6.07) is 7.51. The van der Waals surface area contributed by atoms with E-state index in [0.717, 1.165) is 55.0 Å². The van der Waals surface area contributed by atoms with Crippen molar-refractivity contribution < 1.29 is 9.72 Å². The van der Waals surface area contributed by atoms with E-state index in [2.05, 4.69) is 4.90 Å². The molecule has 3 fully saturated rings. The molecular weight excluding hydrogens is 492 g/mol. The van der Waals surface area contributed by atoms with Gasteiger partial charge in [0.1, 0.15) is 10.0 Å². The van der Waals surface area contributed by atoms with E-state index in [-0.39, 0.29) is 16.5 Å². The van der Waals surface area contributed by atoms with Crippen molar-refractivity contribution in [1.29, 1.82) is 0 Å². The summed E-state index contributed by atoms with van der Waals surface area (Å²) in [5, 5.41) is 11.9. The molecule has 7 nitrogen and oxygen atoms in total. The van der Waals surface area contributed by atoms with Gasteiger partial charge in [0.15, 0.2) is 0 Å². The zero-order valence-corrected chi connectivity index (χ0v) is 22.5. The fraction of sp³-hybridized carbons (Fsp3) is 0.481. The average Bonchev–Trinajstić information content (AvgIpc) is 3.64. The van der Waals surface area contributed by atoms with Crippen LogP contribution in [-0.2, 0) is 4.79 Å². The van der Waals surface area contributed by atoms with Crippen LogP contribution in [0.1, 0.15) is 61.9 Å². The maximum atomic E-state index is 13.1. The second-order valence-electron chi connectivity index (χ2n) is 10.1. The topological polar surface area (TPSA) is 71.6 Å². The molecule has 0 atom stereocenters. The summed E-state index contributed by atoms with van der Waals surface area (Å²) >= 11 is 6.91. The highest BCUT2D eigenvalue weighted by Crippen LogP contribution is 2.37. The summed E-state index contributed by atoms with van der Waals surface area (Å²) in [4.78, 5) is 29.2. The zero-order chi connectivity index (χ0) is 25.4. The molecule has 2 aromatic rings. The molecule has 1 aromatic heterocycles. The van der Waals surface area contributed by atoms with E-state index in [0.29, 0.717) is 27.4 Å². The minimum absolute atomic E-state index is 0.0154. The molecule has 1 aromatic carbocycles. The van der Waals surface area contributed by atoms with Gasteiger partial charge in [0, 0.05) is 37.1 Å². The summed E-state index contributed by atoms with van der Waals surface area (Å²) in [7, 11) is 0. The number of nitrogens with zero attached hydrogens (tertiary/aromatic N) is 4. The number of hydrogen-bond donors (Lipinski definition) is 0. The highest BCUT2D eigenvalue weighted by molar-refractivity contribution is 8.26. The predicted octanol–water partition coefficient (Wildman–Crippen LogP) is 6.38. The fourth-order valence-corrected chi connectivity index (χ4v) is 7.10. The first kappa shape index (κ1) is 25.0. The van der Waals surface area contributed by atoms with Gasteiger partial charge in [-0.3, -0.25) is 19.8 Å². The number of nitro benzene ring substituents is 1. The lowest BCUT2D eigenvalue weighted by atomic mass is 10.0. The number of carbonyl (C=O) groups is 1. The first-order valence-electron chi connectivity index (χ1n) is 12.8. The number of thiocarbonyl (C=S) groups is 1. The molecule has 0 N–H and O–H groups in total. The number of benzene rings is 1. The summed E-state index contributed by atoms with van der Waals surface area (Å²) in [5.74, 6) is 0.692. The number of hydrogen-bond acceptors (Lipinski definition) is 6. The minimum atomic E-state index is -0.289. The first-order valence-corrected chi connectivity index (χ1v) is 14.0. The Morgan fingerprint density at radius 3 is 2.56 bits per heavy atom. The van der Waals surface area contributed by atoms with Gasteiger partial charge in [-0.25, -0.2) is 0 Å². The van der Waals surface area contributed by atoms with Gasteiger partial charge in [-0.15, -0.1) is 0 Å². The third kappa shape index (κ3) is 4.83. The number of nitro groups is 1. The SMILES string of the molecule is Cc1cc(/C=C2\SC(=S)N(CCC3CCCC3)C2=O)c(C)n1-c1ccc(N2CCCC2)c([N+](=O)[O-])c1. The van der Waals surface area contributed by atoms with E-state index >= 15 is 0 Å². The second-order valence-corrected chi connectivity index (χ2v) is 11.7. The Morgan fingerprint density at radius 1 is 1.14 bits per heavy atom. The molecule has 0 unspecified atom stereocenters. The van der Waals surface area contributed by atoms with E-state index in [1.54, 1.807) is 11.0 Å². The van der Waals surface area contributed by atoms with E-state index in [1.165, 1.54) is 37.4 Å². The zero-order valence-electron chi connectivity index (χ0n) is 20.9. The third-order valence-electron chi connectivity index (χ3n) is 7.73. The molecule has 1 aliphatic carbocycles. The molecule has 9 heteroatoms. The summed E-state index contributed by atoms with van der Waals surface area (Å²) in [5.41, 5.74) is 4.39. The van der Waals surface area contributed by atoms with Crippen molar-refractivity contribution in [2.24, 2.45) is 5.92 Å². The first-order chi connectivity index (χ1) is 17.3. The maximum Gasteiger partial charge on any atom is 0.294 e. The van der Waals surface area contributed by atoms with Crippen LogP contribution < -0.4 is 4.90 Å². The molecule has 2 aliphatic heterocycles. The molecule has 1 saturated carbocycles. The van der Waals surface area contributed by atoms with Crippen LogP contribution in [0.5, 0.6) is 0 Å². The molecule has 0 bridgehead atoms. The van der Waals surface area contributed by atoms with Crippen molar-refractivity contribution in [3.8, 4) is 5.69 Å². The van der Waals surface area contributed by atoms with Gasteiger partial charge < -0.3 is 9.47 Å². The molecule has 0 radical (unpaired) electrons. The van der Waals surface area contributed by atoms with E-state index in [1.807, 2.05) is 42.7 Å². The van der Waals surface area contributed by atoms with Gasteiger partial charge >= 0.3 is 0 Å². The average molecular weight is 525 g/mol. The van der Waals surface area contributed by atoms with Crippen LogP contribution in [0.25, 0.3) is 11.8 Å².